The van der Waals surface area contributed by atoms with E-state index in [9.17, 15) is 14.4 Å². The van der Waals surface area contributed by atoms with Crippen molar-refractivity contribution in [3.05, 3.63) is 36.5 Å². The van der Waals surface area contributed by atoms with Crippen molar-refractivity contribution in [3.63, 3.8) is 0 Å². The van der Waals surface area contributed by atoms with E-state index in [0.717, 1.165) is 77.0 Å². The highest BCUT2D eigenvalue weighted by Crippen LogP contribution is 2.15. The summed E-state index contributed by atoms with van der Waals surface area (Å²) in [6.45, 7) is 6.61. The quantitative estimate of drug-likeness (QED) is 0.0262. The lowest BCUT2D eigenvalue weighted by Gasteiger charge is -2.18. The highest BCUT2D eigenvalue weighted by atomic mass is 16.6. The van der Waals surface area contributed by atoms with Crippen molar-refractivity contribution in [2.45, 2.75) is 297 Å². The Kier molecular flexibility index (Phi) is 50.3. The molecule has 0 rings (SSSR count). The maximum atomic E-state index is 12.8. The van der Waals surface area contributed by atoms with Crippen molar-refractivity contribution >= 4 is 17.9 Å². The van der Waals surface area contributed by atoms with Crippen molar-refractivity contribution in [2.24, 2.45) is 0 Å². The summed E-state index contributed by atoms with van der Waals surface area (Å²) in [5.41, 5.74) is 0. The van der Waals surface area contributed by atoms with Gasteiger partial charge < -0.3 is 14.2 Å². The number of unbranched alkanes of at least 4 members (excludes halogenated alkanes) is 33. The predicted octanol–water partition coefficient (Wildman–Crippen LogP) is 18.1. The lowest BCUT2D eigenvalue weighted by molar-refractivity contribution is -0.167. The minimum atomic E-state index is -0.778. The third kappa shape index (κ3) is 50.5. The van der Waals surface area contributed by atoms with Gasteiger partial charge in [-0.15, -0.1) is 0 Å². The Labute approximate surface area is 391 Å². The molecule has 63 heavy (non-hydrogen) atoms. The average Bonchev–Trinajstić information content (AvgIpc) is 3.28. The third-order valence-electron chi connectivity index (χ3n) is 12.1. The second kappa shape index (κ2) is 52.3. The Hall–Kier alpha value is -2.37. The standard InChI is InChI=1S/C57H104O6/c1-4-7-10-13-16-19-22-25-26-27-28-29-30-33-35-38-41-44-47-50-56(59)62-53-54(63-57(60)51-48-45-42-39-36-32-24-21-18-15-12-9-6-3)52-61-55(58)49-46-43-40-37-34-31-23-20-17-14-11-8-5-2/h20-21,23-26,54H,4-19,22,27-53H2,1-3H3/b23-20-,24-21-,26-25-/t54-/m1/s1. The molecule has 0 N–H and O–H groups in total. The third-order valence-corrected chi connectivity index (χ3v) is 12.1. The molecule has 6 heteroatoms. The number of carbonyl (C=O) groups is 3. The van der Waals surface area contributed by atoms with Crippen molar-refractivity contribution in [1.82, 2.24) is 0 Å². The van der Waals surface area contributed by atoms with Gasteiger partial charge in [0.15, 0.2) is 6.10 Å². The summed E-state index contributed by atoms with van der Waals surface area (Å²) < 4.78 is 16.8. The molecule has 0 radical (unpaired) electrons. The van der Waals surface area contributed by atoms with Gasteiger partial charge in [0.2, 0.25) is 0 Å². The zero-order valence-corrected chi connectivity index (χ0v) is 42.1. The molecule has 0 aliphatic carbocycles. The van der Waals surface area contributed by atoms with Crippen LogP contribution in [-0.4, -0.2) is 37.2 Å². The van der Waals surface area contributed by atoms with Gasteiger partial charge in [0.05, 0.1) is 0 Å². The van der Waals surface area contributed by atoms with E-state index in [2.05, 4.69) is 57.2 Å². The van der Waals surface area contributed by atoms with Crippen molar-refractivity contribution in [3.8, 4) is 0 Å². The molecule has 1 atom stereocenters. The van der Waals surface area contributed by atoms with Gasteiger partial charge in [-0.2, -0.15) is 0 Å². The molecule has 0 fully saturated rings. The molecule has 0 aromatic carbocycles. The first kappa shape index (κ1) is 60.6. The van der Waals surface area contributed by atoms with Crippen LogP contribution in [0.25, 0.3) is 0 Å². The Balaban J connectivity index is 4.33. The molecule has 0 saturated carbocycles. The molecule has 0 heterocycles. The van der Waals surface area contributed by atoms with Crippen LogP contribution in [-0.2, 0) is 28.6 Å². The van der Waals surface area contributed by atoms with Gasteiger partial charge in [0.25, 0.3) is 0 Å². The molecule has 0 spiro atoms. The zero-order valence-electron chi connectivity index (χ0n) is 42.1. The smallest absolute Gasteiger partial charge is 0.306 e. The maximum Gasteiger partial charge on any atom is 0.306 e. The van der Waals surface area contributed by atoms with Crippen molar-refractivity contribution in [2.75, 3.05) is 13.2 Å². The number of hydrogen-bond acceptors (Lipinski definition) is 6. The van der Waals surface area contributed by atoms with Gasteiger partial charge in [0.1, 0.15) is 13.2 Å². The van der Waals surface area contributed by atoms with E-state index in [1.807, 2.05) is 0 Å². The van der Waals surface area contributed by atoms with Crippen LogP contribution in [0.5, 0.6) is 0 Å². The molecule has 368 valence electrons. The van der Waals surface area contributed by atoms with Gasteiger partial charge in [-0.3, -0.25) is 14.4 Å². The molecule has 0 saturated heterocycles. The fraction of sp³-hybridized carbons (Fsp3) is 0.842. The molecule has 0 aliphatic rings. The Bertz CT molecular complexity index is 1060. The summed E-state index contributed by atoms with van der Waals surface area (Å²) >= 11 is 0. The second-order valence-corrected chi connectivity index (χ2v) is 18.5. The van der Waals surface area contributed by atoms with Gasteiger partial charge in [-0.1, -0.05) is 211 Å². The fourth-order valence-electron chi connectivity index (χ4n) is 7.90. The second-order valence-electron chi connectivity index (χ2n) is 18.5. The predicted molar refractivity (Wildman–Crippen MR) is 270 cm³/mol. The first-order chi connectivity index (χ1) is 31.0. The van der Waals surface area contributed by atoms with E-state index in [1.54, 1.807) is 0 Å². The van der Waals surface area contributed by atoms with Crippen LogP contribution >= 0.6 is 0 Å². The first-order valence-electron chi connectivity index (χ1n) is 27.5. The molecule has 0 unspecified atom stereocenters. The molecule has 0 amide bonds. The van der Waals surface area contributed by atoms with Crippen LogP contribution < -0.4 is 0 Å². The summed E-state index contributed by atoms with van der Waals surface area (Å²) in [7, 11) is 0. The summed E-state index contributed by atoms with van der Waals surface area (Å²) in [6.07, 6.45) is 61.3. The van der Waals surface area contributed by atoms with E-state index in [1.165, 1.54) is 173 Å². The SMILES string of the molecule is CCCCCC/C=C\CCCCCCCC(=O)OC[C@H](COC(=O)CCCCCCCCCCC/C=C\CCCCCCCC)OC(=O)CCCCCCC/C=C\CCCCCC. The normalized spacial score (nSPS) is 12.2. The lowest BCUT2D eigenvalue weighted by Crippen LogP contribution is -2.30. The molecule has 6 nitrogen and oxygen atoms in total. The number of carbonyl (C=O) groups excluding carboxylic acids is 3. The van der Waals surface area contributed by atoms with Crippen LogP contribution in [0.1, 0.15) is 290 Å². The molecular weight excluding hydrogens is 781 g/mol. The number of esters is 3. The lowest BCUT2D eigenvalue weighted by atomic mass is 10.1. The number of hydrogen-bond donors (Lipinski definition) is 0. The minimum absolute atomic E-state index is 0.0773. The molecule has 0 aromatic rings. The van der Waals surface area contributed by atoms with E-state index in [-0.39, 0.29) is 31.1 Å². The fourth-order valence-corrected chi connectivity index (χ4v) is 7.90. The summed E-state index contributed by atoms with van der Waals surface area (Å²) in [4.78, 5) is 38.0. The van der Waals surface area contributed by atoms with Gasteiger partial charge in [-0.25, -0.2) is 0 Å². The topological polar surface area (TPSA) is 78.9 Å². The van der Waals surface area contributed by atoms with E-state index >= 15 is 0 Å². The highest BCUT2D eigenvalue weighted by molar-refractivity contribution is 5.71. The summed E-state index contributed by atoms with van der Waals surface area (Å²) in [6, 6.07) is 0. The average molecular weight is 885 g/mol. The summed E-state index contributed by atoms with van der Waals surface area (Å²) in [5.74, 6) is -0.886. The summed E-state index contributed by atoms with van der Waals surface area (Å²) in [5, 5.41) is 0. The molecular formula is C57H104O6. The maximum absolute atomic E-state index is 12.8. The van der Waals surface area contributed by atoms with Crippen LogP contribution in [0.15, 0.2) is 36.5 Å². The highest BCUT2D eigenvalue weighted by Gasteiger charge is 2.19. The van der Waals surface area contributed by atoms with Crippen molar-refractivity contribution in [1.29, 1.82) is 0 Å². The van der Waals surface area contributed by atoms with Gasteiger partial charge in [-0.05, 0) is 96.3 Å². The van der Waals surface area contributed by atoms with E-state index in [4.69, 9.17) is 14.2 Å². The monoisotopic (exact) mass is 885 g/mol. The largest absolute Gasteiger partial charge is 0.462 e. The molecule has 0 bridgehead atoms. The number of allylic oxidation sites excluding steroid dienone is 6. The Morgan fingerprint density at radius 3 is 0.810 bits per heavy atom. The van der Waals surface area contributed by atoms with Crippen LogP contribution in [0, 0.1) is 0 Å². The zero-order chi connectivity index (χ0) is 45.8. The van der Waals surface area contributed by atoms with Gasteiger partial charge >= 0.3 is 17.9 Å². The Morgan fingerprint density at radius 2 is 0.524 bits per heavy atom. The first-order valence-corrected chi connectivity index (χ1v) is 27.5. The number of ether oxygens (including phenoxy) is 3. The van der Waals surface area contributed by atoms with Crippen LogP contribution in [0.3, 0.4) is 0 Å². The van der Waals surface area contributed by atoms with E-state index < -0.39 is 6.10 Å². The minimum Gasteiger partial charge on any atom is -0.462 e. The molecule has 0 aromatic heterocycles. The van der Waals surface area contributed by atoms with Crippen molar-refractivity contribution < 1.29 is 28.6 Å². The van der Waals surface area contributed by atoms with E-state index in [0.29, 0.717) is 19.3 Å². The van der Waals surface area contributed by atoms with Gasteiger partial charge in [0, 0.05) is 19.3 Å². The van der Waals surface area contributed by atoms with Crippen LogP contribution in [0.2, 0.25) is 0 Å². The van der Waals surface area contributed by atoms with Crippen LogP contribution in [0.4, 0.5) is 0 Å². The molecule has 0 aliphatic heterocycles. The Morgan fingerprint density at radius 1 is 0.302 bits per heavy atom. The number of rotatable bonds is 50.